The van der Waals surface area contributed by atoms with E-state index in [2.05, 4.69) is 17.5 Å². The minimum absolute atomic E-state index is 0.125. The first-order chi connectivity index (χ1) is 2.81. The number of thiocarbonyl (C=S) groups is 1. The molecule has 0 saturated carbocycles. The first-order valence-corrected chi connectivity index (χ1v) is 2.16. The van der Waals surface area contributed by atoms with Gasteiger partial charge in [0.2, 0.25) is 0 Å². The van der Waals surface area contributed by atoms with Crippen molar-refractivity contribution >= 4 is 17.6 Å². The summed E-state index contributed by atoms with van der Waals surface area (Å²) in [6.45, 7) is 0. The Kier molecular flexibility index (Phi) is 3.21. The van der Waals surface area contributed by atoms with Crippen molar-refractivity contribution in [1.29, 1.82) is 0 Å². The third-order valence-corrected chi connectivity index (χ3v) is 0.773. The van der Waals surface area contributed by atoms with Gasteiger partial charge in [0.15, 0.2) is 0 Å². The molecule has 1 atom stereocenters. The van der Waals surface area contributed by atoms with E-state index in [1.165, 1.54) is 5.37 Å². The number of nitrogens with two attached hydrogens (primary N) is 1. The summed E-state index contributed by atoms with van der Waals surface area (Å²) < 4.78 is 0. The highest BCUT2D eigenvalue weighted by Crippen LogP contribution is 1.56. The lowest BCUT2D eigenvalue weighted by Crippen LogP contribution is -2.34. The Morgan fingerprint density at radius 3 is 2.50 bits per heavy atom. The second kappa shape index (κ2) is 3.21. The fourth-order valence-corrected chi connectivity index (χ4v) is 0.204. The number of rotatable bonds is 2. The second-order valence-corrected chi connectivity index (χ2v) is 1.22. The highest BCUT2D eigenvalue weighted by Gasteiger charge is 1.83. The molecule has 1 unspecified atom stereocenters. The Morgan fingerprint density at radius 2 is 2.50 bits per heavy atom. The van der Waals surface area contributed by atoms with Crippen LogP contribution in [0.4, 0.5) is 0 Å². The average Bonchev–Trinajstić information content (AvgIpc) is 1.65. The normalized spacial score (nSPS) is 13.7. The number of hydrogen-bond acceptors (Lipinski definition) is 3. The summed E-state index contributed by atoms with van der Waals surface area (Å²) in [6, 6.07) is 0. The molecule has 0 aliphatic rings. The van der Waals surface area contributed by atoms with Gasteiger partial charge in [-0.25, -0.2) is 0 Å². The zero-order valence-electron chi connectivity index (χ0n) is 3.64. The topological polar surface area (TPSA) is 38.0 Å². The molecule has 0 heterocycles. The predicted molar refractivity (Wildman–Crippen MR) is 30.7 cm³/mol. The summed E-state index contributed by atoms with van der Waals surface area (Å²) >= 11 is 4.46. The van der Waals surface area contributed by atoms with Crippen molar-refractivity contribution in [2.45, 2.75) is 6.17 Å². The predicted octanol–water partition coefficient (Wildman–Crippen LogP) is -0.510. The highest BCUT2D eigenvalue weighted by molar-refractivity contribution is 7.79. The molecule has 0 aromatic carbocycles. The molecule has 0 rings (SSSR count). The van der Waals surface area contributed by atoms with Gasteiger partial charge in [-0.3, -0.25) is 0 Å². The molecule has 0 aromatic rings. The van der Waals surface area contributed by atoms with Gasteiger partial charge < -0.3 is 11.1 Å². The van der Waals surface area contributed by atoms with E-state index in [-0.39, 0.29) is 6.17 Å². The largest absolute Gasteiger partial charge is 0.312 e. The molecule has 0 fully saturated rings. The Hall–Kier alpha value is 0.01000. The monoisotopic (exact) mass is 104 g/mol. The number of nitrogens with one attached hydrogen (secondary N) is 1. The maximum absolute atomic E-state index is 5.20. The number of hydrogen-bond donors (Lipinski definition) is 2. The van der Waals surface area contributed by atoms with Crippen LogP contribution < -0.4 is 11.1 Å². The molecule has 0 radical (unpaired) electrons. The van der Waals surface area contributed by atoms with Crippen LogP contribution >= 0.6 is 12.2 Å². The van der Waals surface area contributed by atoms with Crippen LogP contribution in [0, 0.1) is 0 Å². The maximum atomic E-state index is 5.20. The molecule has 0 saturated heterocycles. The van der Waals surface area contributed by atoms with Crippen molar-refractivity contribution in [2.75, 3.05) is 7.05 Å². The van der Waals surface area contributed by atoms with Crippen molar-refractivity contribution in [3.63, 3.8) is 0 Å². The van der Waals surface area contributed by atoms with E-state index in [1.807, 2.05) is 0 Å². The molecule has 6 heavy (non-hydrogen) atoms. The Bertz CT molecular complexity index is 46.1. The molecular formula is C3H8N2S. The van der Waals surface area contributed by atoms with E-state index >= 15 is 0 Å². The van der Waals surface area contributed by atoms with Crippen LogP contribution in [-0.2, 0) is 0 Å². The lowest BCUT2D eigenvalue weighted by Gasteiger charge is -1.97. The molecule has 36 valence electrons. The summed E-state index contributed by atoms with van der Waals surface area (Å²) in [5.41, 5.74) is 5.20. The molecule has 0 amide bonds. The van der Waals surface area contributed by atoms with Crippen LogP contribution in [0.25, 0.3) is 0 Å². The van der Waals surface area contributed by atoms with Gasteiger partial charge in [-0.05, 0) is 7.05 Å². The van der Waals surface area contributed by atoms with Gasteiger partial charge in [0.05, 0.1) is 6.17 Å². The first-order valence-electron chi connectivity index (χ1n) is 1.69. The molecule has 2 nitrogen and oxygen atoms in total. The summed E-state index contributed by atoms with van der Waals surface area (Å²) in [6.07, 6.45) is -0.125. The Labute approximate surface area is 42.7 Å². The third kappa shape index (κ3) is 2.26. The van der Waals surface area contributed by atoms with Gasteiger partial charge in [0.1, 0.15) is 0 Å². The lowest BCUT2D eigenvalue weighted by atomic mass is 10.6. The van der Waals surface area contributed by atoms with Crippen molar-refractivity contribution in [1.82, 2.24) is 5.32 Å². The van der Waals surface area contributed by atoms with Crippen LogP contribution in [0.3, 0.4) is 0 Å². The summed E-state index contributed by atoms with van der Waals surface area (Å²) in [7, 11) is 1.76. The molecule has 3 N–H and O–H groups in total. The lowest BCUT2D eigenvalue weighted by molar-refractivity contribution is 0.750. The van der Waals surface area contributed by atoms with E-state index in [4.69, 9.17) is 5.73 Å². The Balaban J connectivity index is 2.96. The van der Waals surface area contributed by atoms with Crippen LogP contribution in [0.1, 0.15) is 0 Å². The van der Waals surface area contributed by atoms with Crippen molar-refractivity contribution in [3.05, 3.63) is 0 Å². The van der Waals surface area contributed by atoms with Crippen molar-refractivity contribution < 1.29 is 0 Å². The Morgan fingerprint density at radius 1 is 2.00 bits per heavy atom. The van der Waals surface area contributed by atoms with E-state index in [9.17, 15) is 0 Å². The average molecular weight is 104 g/mol. The first kappa shape index (κ1) is 6.01. The molecule has 0 spiro atoms. The fraction of sp³-hybridized carbons (Fsp3) is 0.667. The van der Waals surface area contributed by atoms with Crippen molar-refractivity contribution in [2.24, 2.45) is 5.73 Å². The van der Waals surface area contributed by atoms with E-state index in [0.29, 0.717) is 0 Å². The smallest absolute Gasteiger partial charge is 0.0840 e. The third-order valence-electron chi connectivity index (χ3n) is 0.480. The molecular weight excluding hydrogens is 96.1 g/mol. The molecule has 0 bridgehead atoms. The minimum Gasteiger partial charge on any atom is -0.312 e. The van der Waals surface area contributed by atoms with Crippen LogP contribution in [-0.4, -0.2) is 18.6 Å². The minimum atomic E-state index is -0.125. The maximum Gasteiger partial charge on any atom is 0.0840 e. The summed E-state index contributed by atoms with van der Waals surface area (Å²) in [4.78, 5) is 0. The molecule has 3 heteroatoms. The quantitative estimate of drug-likeness (QED) is 0.366. The van der Waals surface area contributed by atoms with E-state index < -0.39 is 0 Å². The van der Waals surface area contributed by atoms with Gasteiger partial charge in [-0.2, -0.15) is 0 Å². The summed E-state index contributed by atoms with van der Waals surface area (Å²) in [5, 5.41) is 4.20. The highest BCUT2D eigenvalue weighted by atomic mass is 32.1. The van der Waals surface area contributed by atoms with Gasteiger partial charge >= 0.3 is 0 Å². The second-order valence-electron chi connectivity index (χ2n) is 0.951. The SMILES string of the molecule is CNC(N)C=S. The van der Waals surface area contributed by atoms with Gasteiger partial charge in [0, 0.05) is 5.37 Å². The van der Waals surface area contributed by atoms with E-state index in [0.717, 1.165) is 0 Å². The standard InChI is InChI=1S/C3H8N2S/c1-5-3(4)2-6/h2-3,5H,4H2,1H3. The zero-order chi connectivity index (χ0) is 4.99. The van der Waals surface area contributed by atoms with Crippen LogP contribution in [0.15, 0.2) is 0 Å². The van der Waals surface area contributed by atoms with E-state index in [1.54, 1.807) is 7.05 Å². The molecule has 0 aromatic heterocycles. The molecule has 0 aliphatic carbocycles. The molecule has 0 aliphatic heterocycles. The fourth-order valence-electron chi connectivity index (χ4n) is 0.0680. The summed E-state index contributed by atoms with van der Waals surface area (Å²) in [5.74, 6) is 0. The van der Waals surface area contributed by atoms with Crippen molar-refractivity contribution in [3.8, 4) is 0 Å². The van der Waals surface area contributed by atoms with Crippen LogP contribution in [0.5, 0.6) is 0 Å². The van der Waals surface area contributed by atoms with Gasteiger partial charge in [-0.15, -0.1) is 0 Å². The van der Waals surface area contributed by atoms with Gasteiger partial charge in [0.25, 0.3) is 0 Å². The van der Waals surface area contributed by atoms with Gasteiger partial charge in [-0.1, -0.05) is 12.2 Å². The van der Waals surface area contributed by atoms with Crippen LogP contribution in [0.2, 0.25) is 0 Å². The zero-order valence-corrected chi connectivity index (χ0v) is 4.46.